The van der Waals surface area contributed by atoms with Gasteiger partial charge in [-0.15, -0.1) is 0 Å². The van der Waals surface area contributed by atoms with E-state index in [2.05, 4.69) is 10.9 Å². The summed E-state index contributed by atoms with van der Waals surface area (Å²) in [6.45, 7) is -0.0229. The molecule has 10 nitrogen and oxygen atoms in total. The molecule has 1 aromatic carbocycles. The third kappa shape index (κ3) is 3.11. The van der Waals surface area contributed by atoms with Crippen molar-refractivity contribution >= 4 is 17.7 Å². The average Bonchev–Trinajstić information content (AvgIpc) is 3.09. The average molecular weight is 333 g/mol. The Kier molecular flexibility index (Phi) is 4.01. The first-order chi connectivity index (χ1) is 11.5. The zero-order valence-corrected chi connectivity index (χ0v) is 12.1. The molecule has 0 saturated carbocycles. The van der Waals surface area contributed by atoms with Gasteiger partial charge in [0.05, 0.1) is 6.07 Å². The number of hydrogen-bond acceptors (Lipinski definition) is 7. The Balaban J connectivity index is 1.56. The van der Waals surface area contributed by atoms with Gasteiger partial charge in [-0.2, -0.15) is 0 Å². The van der Waals surface area contributed by atoms with E-state index >= 15 is 0 Å². The van der Waals surface area contributed by atoms with Crippen molar-refractivity contribution in [2.24, 2.45) is 0 Å². The van der Waals surface area contributed by atoms with Crippen molar-refractivity contribution in [2.75, 3.05) is 6.61 Å². The number of carbonyl (C=O) groups is 2. The Labute approximate surface area is 134 Å². The molecule has 3 rings (SSSR count). The molecule has 2 heterocycles. The van der Waals surface area contributed by atoms with E-state index < -0.39 is 28.7 Å². The number of rotatable bonds is 3. The normalized spacial score (nSPS) is 15.4. The van der Waals surface area contributed by atoms with Crippen LogP contribution in [0.5, 0.6) is 11.5 Å². The number of para-hydroxylation sites is 2. The summed E-state index contributed by atoms with van der Waals surface area (Å²) in [6.07, 6.45) is -0.953. The van der Waals surface area contributed by atoms with Gasteiger partial charge in [0.1, 0.15) is 11.5 Å². The molecule has 0 bridgehead atoms. The van der Waals surface area contributed by atoms with Crippen LogP contribution in [0, 0.1) is 10.1 Å². The van der Waals surface area contributed by atoms with Crippen LogP contribution in [0.4, 0.5) is 5.88 Å². The molecular formula is C14H11N3O7. The maximum Gasteiger partial charge on any atom is 0.433 e. The molecule has 124 valence electrons. The van der Waals surface area contributed by atoms with Crippen LogP contribution in [-0.4, -0.2) is 29.4 Å². The molecule has 1 aliphatic rings. The lowest BCUT2D eigenvalue weighted by atomic mass is 10.2. The number of nitrogens with one attached hydrogen (secondary N) is 2. The molecule has 2 amide bonds. The molecule has 1 aliphatic heterocycles. The van der Waals surface area contributed by atoms with Crippen molar-refractivity contribution in [1.82, 2.24) is 10.9 Å². The second kappa shape index (κ2) is 6.28. The Morgan fingerprint density at radius 3 is 2.58 bits per heavy atom. The fraction of sp³-hybridized carbons (Fsp3) is 0.143. The summed E-state index contributed by atoms with van der Waals surface area (Å²) in [7, 11) is 0. The summed E-state index contributed by atoms with van der Waals surface area (Å²) in [6, 6.07) is 9.01. The number of furan rings is 1. The Morgan fingerprint density at radius 2 is 1.88 bits per heavy atom. The van der Waals surface area contributed by atoms with E-state index in [1.54, 1.807) is 24.3 Å². The first-order valence-corrected chi connectivity index (χ1v) is 6.77. The minimum absolute atomic E-state index is 0.0229. The monoisotopic (exact) mass is 333 g/mol. The predicted molar refractivity (Wildman–Crippen MR) is 77.3 cm³/mol. The number of hydrogen-bond donors (Lipinski definition) is 2. The zero-order valence-electron chi connectivity index (χ0n) is 12.1. The van der Waals surface area contributed by atoms with Crippen LogP contribution in [0.15, 0.2) is 40.8 Å². The van der Waals surface area contributed by atoms with Gasteiger partial charge in [0.15, 0.2) is 11.5 Å². The number of nitrogens with zero attached hydrogens (tertiary/aromatic N) is 1. The molecule has 0 spiro atoms. The highest BCUT2D eigenvalue weighted by Crippen LogP contribution is 2.30. The molecule has 2 N–H and O–H groups in total. The SMILES string of the molecule is O=C(NNC(=O)C1COc2ccccc2O1)c1ccc([N+](=O)[O-])o1. The van der Waals surface area contributed by atoms with E-state index in [1.165, 1.54) is 0 Å². The second-order valence-electron chi connectivity index (χ2n) is 4.70. The Morgan fingerprint density at radius 1 is 1.12 bits per heavy atom. The maximum absolute atomic E-state index is 12.0. The number of hydrazine groups is 1. The highest BCUT2D eigenvalue weighted by atomic mass is 16.6. The number of ether oxygens (including phenoxy) is 2. The minimum Gasteiger partial charge on any atom is -0.485 e. The molecule has 0 saturated heterocycles. The van der Waals surface area contributed by atoms with Crippen molar-refractivity contribution in [3.05, 3.63) is 52.3 Å². The molecule has 2 aromatic rings. The summed E-state index contributed by atoms with van der Waals surface area (Å²) in [5, 5.41) is 10.5. The van der Waals surface area contributed by atoms with E-state index in [9.17, 15) is 19.7 Å². The molecule has 1 unspecified atom stereocenters. The van der Waals surface area contributed by atoms with Crippen molar-refractivity contribution in [3.63, 3.8) is 0 Å². The lowest BCUT2D eigenvalue weighted by molar-refractivity contribution is -0.402. The van der Waals surface area contributed by atoms with Crippen molar-refractivity contribution < 1.29 is 28.4 Å². The van der Waals surface area contributed by atoms with Gasteiger partial charge in [0, 0.05) is 0 Å². The van der Waals surface area contributed by atoms with Gasteiger partial charge in [-0.1, -0.05) is 12.1 Å². The Hall–Kier alpha value is -3.56. The molecule has 0 aliphatic carbocycles. The molecule has 24 heavy (non-hydrogen) atoms. The van der Waals surface area contributed by atoms with Gasteiger partial charge in [0.25, 0.3) is 5.91 Å². The van der Waals surface area contributed by atoms with Crippen LogP contribution in [-0.2, 0) is 4.79 Å². The Bertz CT molecular complexity index is 801. The third-order valence-corrected chi connectivity index (χ3v) is 3.10. The van der Waals surface area contributed by atoms with Crippen LogP contribution in [0.2, 0.25) is 0 Å². The first-order valence-electron chi connectivity index (χ1n) is 6.77. The van der Waals surface area contributed by atoms with Gasteiger partial charge in [0.2, 0.25) is 11.9 Å². The van der Waals surface area contributed by atoms with E-state index in [0.29, 0.717) is 11.5 Å². The molecule has 1 atom stereocenters. The molecule has 1 aromatic heterocycles. The quantitative estimate of drug-likeness (QED) is 0.626. The largest absolute Gasteiger partial charge is 0.485 e. The van der Waals surface area contributed by atoms with Gasteiger partial charge in [-0.05, 0) is 18.2 Å². The molecule has 0 radical (unpaired) electrons. The van der Waals surface area contributed by atoms with Crippen LogP contribution in [0.25, 0.3) is 0 Å². The standard InChI is InChI=1S/C14H11N3O7/c18-13(10-5-6-12(24-10)17(20)21)15-16-14(19)11-7-22-8-3-1-2-4-9(8)23-11/h1-6,11H,7H2,(H,15,18)(H,16,19). The van der Waals surface area contributed by atoms with Crippen LogP contribution in [0.3, 0.4) is 0 Å². The van der Waals surface area contributed by atoms with E-state index in [4.69, 9.17) is 13.9 Å². The van der Waals surface area contributed by atoms with Gasteiger partial charge in [-0.25, -0.2) is 0 Å². The lowest BCUT2D eigenvalue weighted by Crippen LogP contribution is -2.50. The highest BCUT2D eigenvalue weighted by molar-refractivity contribution is 5.93. The summed E-state index contributed by atoms with van der Waals surface area (Å²) in [4.78, 5) is 33.5. The summed E-state index contributed by atoms with van der Waals surface area (Å²) in [5.41, 5.74) is 4.23. The smallest absolute Gasteiger partial charge is 0.433 e. The topological polar surface area (TPSA) is 133 Å². The predicted octanol–water partition coefficient (Wildman–Crippen LogP) is 0.789. The van der Waals surface area contributed by atoms with Crippen molar-refractivity contribution in [3.8, 4) is 11.5 Å². The fourth-order valence-electron chi connectivity index (χ4n) is 1.96. The number of carbonyl (C=O) groups excluding carboxylic acids is 2. The van der Waals surface area contributed by atoms with Gasteiger partial charge < -0.3 is 13.9 Å². The van der Waals surface area contributed by atoms with Crippen molar-refractivity contribution in [1.29, 1.82) is 0 Å². The number of fused-ring (bicyclic) bond motifs is 1. The van der Waals surface area contributed by atoms with Gasteiger partial charge in [-0.3, -0.25) is 30.6 Å². The van der Waals surface area contributed by atoms with Crippen LogP contribution >= 0.6 is 0 Å². The van der Waals surface area contributed by atoms with E-state index in [-0.39, 0.29) is 12.4 Å². The fourth-order valence-corrected chi connectivity index (χ4v) is 1.96. The van der Waals surface area contributed by atoms with E-state index in [1.807, 2.05) is 0 Å². The van der Waals surface area contributed by atoms with Crippen LogP contribution in [0.1, 0.15) is 10.6 Å². The number of benzene rings is 1. The summed E-state index contributed by atoms with van der Waals surface area (Å²) >= 11 is 0. The minimum atomic E-state index is -0.953. The van der Waals surface area contributed by atoms with E-state index in [0.717, 1.165) is 12.1 Å². The molecule has 0 fully saturated rings. The maximum atomic E-state index is 12.0. The lowest BCUT2D eigenvalue weighted by Gasteiger charge is -2.25. The zero-order chi connectivity index (χ0) is 17.1. The number of amides is 2. The van der Waals surface area contributed by atoms with Crippen LogP contribution < -0.4 is 20.3 Å². The summed E-state index contributed by atoms with van der Waals surface area (Å²) < 4.78 is 15.6. The first kappa shape index (κ1) is 15.3. The molecule has 10 heteroatoms. The molecular weight excluding hydrogens is 322 g/mol. The summed E-state index contributed by atoms with van der Waals surface area (Å²) in [5.74, 6) is -1.43. The van der Waals surface area contributed by atoms with Gasteiger partial charge >= 0.3 is 11.8 Å². The van der Waals surface area contributed by atoms with Crippen molar-refractivity contribution in [2.45, 2.75) is 6.10 Å². The number of nitro groups is 1. The third-order valence-electron chi connectivity index (χ3n) is 3.10. The highest BCUT2D eigenvalue weighted by Gasteiger charge is 2.28. The second-order valence-corrected chi connectivity index (χ2v) is 4.70.